The van der Waals surface area contributed by atoms with Gasteiger partial charge in [0, 0.05) is 42.9 Å². The second-order valence-corrected chi connectivity index (χ2v) is 6.70. The Morgan fingerprint density at radius 3 is 2.43 bits per heavy atom. The third-order valence-corrected chi connectivity index (χ3v) is 5.24. The molecule has 122 valence electrons. The van der Waals surface area contributed by atoms with E-state index in [-0.39, 0.29) is 17.3 Å². The number of carbonyl (C=O) groups is 1. The van der Waals surface area contributed by atoms with Crippen molar-refractivity contribution in [1.29, 1.82) is 0 Å². The molecule has 1 aliphatic heterocycles. The highest BCUT2D eigenvalue weighted by atomic mass is 32.1. The van der Waals surface area contributed by atoms with E-state index < -0.39 is 0 Å². The van der Waals surface area contributed by atoms with Gasteiger partial charge in [0.2, 0.25) is 5.91 Å². The second kappa shape index (κ2) is 6.58. The average Bonchev–Trinajstić information content (AvgIpc) is 2.87. The summed E-state index contributed by atoms with van der Waals surface area (Å²) in [7, 11) is 0. The van der Waals surface area contributed by atoms with Gasteiger partial charge in [-0.2, -0.15) is 0 Å². The maximum Gasteiger partial charge on any atom is 0.307 e. The van der Waals surface area contributed by atoms with Gasteiger partial charge in [0.15, 0.2) is 0 Å². The molecule has 0 bridgehead atoms. The van der Waals surface area contributed by atoms with Gasteiger partial charge >= 0.3 is 4.87 Å². The van der Waals surface area contributed by atoms with Crippen LogP contribution in [-0.2, 0) is 11.3 Å². The second-order valence-electron chi connectivity index (χ2n) is 5.88. The summed E-state index contributed by atoms with van der Waals surface area (Å²) in [5, 5.41) is 1.80. The lowest BCUT2D eigenvalue weighted by atomic mass is 10.1. The summed E-state index contributed by atoms with van der Waals surface area (Å²) < 4.78 is 1.56. The summed E-state index contributed by atoms with van der Waals surface area (Å²) in [6.45, 7) is 7.18. The lowest BCUT2D eigenvalue weighted by Gasteiger charge is -2.36. The highest BCUT2D eigenvalue weighted by Crippen LogP contribution is 2.20. The van der Waals surface area contributed by atoms with E-state index in [1.807, 2.05) is 24.0 Å². The normalized spacial score (nSPS) is 15.0. The number of piperazine rings is 1. The van der Waals surface area contributed by atoms with Crippen LogP contribution in [0.1, 0.15) is 11.3 Å². The van der Waals surface area contributed by atoms with Crippen LogP contribution in [0.4, 0.5) is 5.69 Å². The molecule has 0 N–H and O–H groups in total. The number of amides is 1. The van der Waals surface area contributed by atoms with Gasteiger partial charge in [0.1, 0.15) is 6.54 Å². The molecule has 0 spiro atoms. The molecule has 0 unspecified atom stereocenters. The van der Waals surface area contributed by atoms with Gasteiger partial charge in [0.25, 0.3) is 0 Å². The Morgan fingerprint density at radius 1 is 1.13 bits per heavy atom. The summed E-state index contributed by atoms with van der Waals surface area (Å²) >= 11 is 1.15. The maximum absolute atomic E-state index is 12.4. The summed E-state index contributed by atoms with van der Waals surface area (Å²) in [4.78, 5) is 28.3. The van der Waals surface area contributed by atoms with E-state index in [2.05, 4.69) is 24.0 Å². The molecule has 23 heavy (non-hydrogen) atoms. The summed E-state index contributed by atoms with van der Waals surface area (Å²) in [6, 6.07) is 8.32. The van der Waals surface area contributed by atoms with Gasteiger partial charge in [-0.05, 0) is 25.5 Å². The molecular formula is C17H21N3O2S. The van der Waals surface area contributed by atoms with Crippen LogP contribution in [0.25, 0.3) is 0 Å². The van der Waals surface area contributed by atoms with Gasteiger partial charge in [-0.25, -0.2) is 0 Å². The topological polar surface area (TPSA) is 45.5 Å². The van der Waals surface area contributed by atoms with Crippen LogP contribution in [0.5, 0.6) is 0 Å². The van der Waals surface area contributed by atoms with Gasteiger partial charge in [-0.15, -0.1) is 0 Å². The molecule has 0 saturated carbocycles. The van der Waals surface area contributed by atoms with E-state index in [9.17, 15) is 9.59 Å². The number of rotatable bonds is 3. The van der Waals surface area contributed by atoms with Crippen molar-refractivity contribution in [3.63, 3.8) is 0 Å². The van der Waals surface area contributed by atoms with Crippen LogP contribution < -0.4 is 9.77 Å². The fourth-order valence-corrected chi connectivity index (χ4v) is 3.68. The first-order valence-electron chi connectivity index (χ1n) is 7.79. The lowest BCUT2D eigenvalue weighted by Crippen LogP contribution is -2.50. The standard InChI is InChI=1S/C17H21N3O2S/c1-13-5-3-4-6-15(13)18-7-9-19(10-8-18)16(21)11-20-14(2)12-23-17(20)22/h3-6,12H,7-11H2,1-2H3. The minimum absolute atomic E-state index is 0.0260. The lowest BCUT2D eigenvalue weighted by molar-refractivity contribution is -0.132. The monoisotopic (exact) mass is 331 g/mol. The van der Waals surface area contributed by atoms with Crippen LogP contribution in [-0.4, -0.2) is 41.6 Å². The Kier molecular flexibility index (Phi) is 4.52. The number of anilines is 1. The average molecular weight is 331 g/mol. The van der Waals surface area contributed by atoms with Gasteiger partial charge < -0.3 is 9.80 Å². The zero-order valence-electron chi connectivity index (χ0n) is 13.5. The number of carbonyl (C=O) groups excluding carboxylic acids is 1. The Bertz CT molecular complexity index is 757. The summed E-state index contributed by atoms with van der Waals surface area (Å²) in [6.07, 6.45) is 0. The Morgan fingerprint density at radius 2 is 1.83 bits per heavy atom. The highest BCUT2D eigenvalue weighted by molar-refractivity contribution is 7.07. The molecule has 6 heteroatoms. The first kappa shape index (κ1) is 15.8. The van der Waals surface area contributed by atoms with Crippen LogP contribution in [0, 0.1) is 13.8 Å². The molecule has 0 aliphatic carbocycles. The van der Waals surface area contributed by atoms with Crippen LogP contribution in [0.2, 0.25) is 0 Å². The number of aromatic nitrogens is 1. The van der Waals surface area contributed by atoms with E-state index in [0.717, 1.165) is 30.1 Å². The summed E-state index contributed by atoms with van der Waals surface area (Å²) in [5.41, 5.74) is 3.35. The quantitative estimate of drug-likeness (QED) is 0.863. The van der Waals surface area contributed by atoms with E-state index in [4.69, 9.17) is 0 Å². The Hall–Kier alpha value is -2.08. The van der Waals surface area contributed by atoms with Crippen LogP contribution in [0.15, 0.2) is 34.4 Å². The third-order valence-electron chi connectivity index (χ3n) is 4.36. The maximum atomic E-state index is 12.4. The molecule has 2 heterocycles. The largest absolute Gasteiger partial charge is 0.368 e. The number of thiazole rings is 1. The van der Waals surface area contributed by atoms with E-state index >= 15 is 0 Å². The van der Waals surface area contributed by atoms with E-state index in [1.165, 1.54) is 11.3 Å². The SMILES string of the molecule is Cc1ccccc1N1CCN(C(=O)Cn2c(C)csc2=O)CC1. The molecule has 1 aromatic carbocycles. The number of nitrogens with zero attached hydrogens (tertiary/aromatic N) is 3. The van der Waals surface area contributed by atoms with Crippen molar-refractivity contribution in [2.24, 2.45) is 0 Å². The van der Waals surface area contributed by atoms with Crippen LogP contribution in [0.3, 0.4) is 0 Å². The molecule has 1 aliphatic rings. The Balaban J connectivity index is 1.62. The predicted molar refractivity (Wildman–Crippen MR) is 93.3 cm³/mol. The number of hydrogen-bond donors (Lipinski definition) is 0. The fourth-order valence-electron chi connectivity index (χ4n) is 2.95. The van der Waals surface area contributed by atoms with Crippen molar-refractivity contribution < 1.29 is 4.79 Å². The number of benzene rings is 1. The zero-order valence-corrected chi connectivity index (χ0v) is 14.3. The molecule has 1 fully saturated rings. The van der Waals surface area contributed by atoms with E-state index in [0.29, 0.717) is 13.1 Å². The number of hydrogen-bond acceptors (Lipinski definition) is 4. The van der Waals surface area contributed by atoms with Crippen molar-refractivity contribution in [3.05, 3.63) is 50.6 Å². The molecule has 2 aromatic rings. The first-order valence-corrected chi connectivity index (χ1v) is 8.67. The Labute approximate surface area is 139 Å². The van der Waals surface area contributed by atoms with E-state index in [1.54, 1.807) is 9.95 Å². The molecular weight excluding hydrogens is 310 g/mol. The first-order chi connectivity index (χ1) is 11.1. The van der Waals surface area contributed by atoms with Crippen molar-refractivity contribution in [1.82, 2.24) is 9.47 Å². The minimum Gasteiger partial charge on any atom is -0.368 e. The van der Waals surface area contributed by atoms with Gasteiger partial charge in [0.05, 0.1) is 0 Å². The molecule has 1 amide bonds. The van der Waals surface area contributed by atoms with Crippen molar-refractivity contribution in [2.45, 2.75) is 20.4 Å². The zero-order chi connectivity index (χ0) is 16.4. The molecule has 5 nitrogen and oxygen atoms in total. The minimum atomic E-state index is -0.0607. The van der Waals surface area contributed by atoms with Crippen molar-refractivity contribution in [2.75, 3.05) is 31.1 Å². The number of para-hydroxylation sites is 1. The van der Waals surface area contributed by atoms with Gasteiger partial charge in [-0.3, -0.25) is 14.2 Å². The molecule has 0 atom stereocenters. The van der Waals surface area contributed by atoms with Crippen molar-refractivity contribution in [3.8, 4) is 0 Å². The molecule has 1 saturated heterocycles. The smallest absolute Gasteiger partial charge is 0.307 e. The molecule has 0 radical (unpaired) electrons. The molecule has 1 aromatic heterocycles. The molecule has 3 rings (SSSR count). The van der Waals surface area contributed by atoms with Crippen LogP contribution >= 0.6 is 11.3 Å². The predicted octanol–water partition coefficient (Wildman–Crippen LogP) is 1.88. The summed E-state index contributed by atoms with van der Waals surface area (Å²) in [5.74, 6) is 0.0260. The fraction of sp³-hybridized carbons (Fsp3) is 0.412. The number of aryl methyl sites for hydroxylation is 2. The van der Waals surface area contributed by atoms with Crippen molar-refractivity contribution >= 4 is 22.9 Å². The third kappa shape index (κ3) is 3.32. The van der Waals surface area contributed by atoms with Gasteiger partial charge in [-0.1, -0.05) is 29.5 Å². The highest BCUT2D eigenvalue weighted by Gasteiger charge is 2.22.